The van der Waals surface area contributed by atoms with E-state index in [1.165, 1.54) is 6.26 Å². The fourth-order valence-corrected chi connectivity index (χ4v) is 3.92. The van der Waals surface area contributed by atoms with Crippen molar-refractivity contribution >= 4 is 26.8 Å². The normalized spacial score (nSPS) is 16.9. The van der Waals surface area contributed by atoms with Gasteiger partial charge in [0.2, 0.25) is 0 Å². The van der Waals surface area contributed by atoms with E-state index in [-0.39, 0.29) is 16.8 Å². The topological polar surface area (TPSA) is 90.3 Å². The Morgan fingerprint density at radius 3 is 2.78 bits per heavy atom. The average molecular weight is 385 g/mol. The number of hydrogen-bond donors (Lipinski definition) is 1. The van der Waals surface area contributed by atoms with Crippen LogP contribution in [0.5, 0.6) is 0 Å². The summed E-state index contributed by atoms with van der Waals surface area (Å²) >= 11 is 0. The van der Waals surface area contributed by atoms with E-state index in [1.54, 1.807) is 30.3 Å². The Balaban J connectivity index is 1.62. The van der Waals surface area contributed by atoms with Crippen molar-refractivity contribution in [3.05, 3.63) is 59.9 Å². The van der Waals surface area contributed by atoms with Gasteiger partial charge in [-0.15, -0.1) is 0 Å². The molecule has 0 unspecified atom stereocenters. The molecule has 3 aromatic rings. The summed E-state index contributed by atoms with van der Waals surface area (Å²) < 4.78 is 31.2. The van der Waals surface area contributed by atoms with Crippen molar-refractivity contribution in [3.63, 3.8) is 0 Å². The third kappa shape index (κ3) is 3.45. The number of sulfone groups is 1. The number of imidazole rings is 1. The third-order valence-electron chi connectivity index (χ3n) is 4.60. The number of fused-ring (bicyclic) bond motifs is 3. The van der Waals surface area contributed by atoms with Gasteiger partial charge < -0.3 is 14.6 Å². The predicted molar refractivity (Wildman–Crippen MR) is 100 cm³/mol. The molecule has 8 heteroatoms. The monoisotopic (exact) mass is 385 g/mol. The lowest BCUT2D eigenvalue weighted by Crippen LogP contribution is -2.35. The molecule has 0 bridgehead atoms. The molecule has 0 radical (unpaired) electrons. The second-order valence-electron chi connectivity index (χ2n) is 6.57. The summed E-state index contributed by atoms with van der Waals surface area (Å²) in [5, 5.41) is 2.94. The lowest BCUT2D eigenvalue weighted by Gasteiger charge is -2.26. The molecule has 27 heavy (non-hydrogen) atoms. The van der Waals surface area contributed by atoms with Crippen molar-refractivity contribution in [2.75, 3.05) is 19.4 Å². The van der Waals surface area contributed by atoms with E-state index >= 15 is 0 Å². The standard InChI is InChI=1S/C19H19N3O4S/c1-27(24,25)15-7-8-17-16(9-15)21-18-12-26-11-14(22(17)18)10-20-19(23)13-5-3-2-4-6-13/h2-9,14H,10-12H2,1H3,(H,20,23)/t14-/m0/s1. The lowest BCUT2D eigenvalue weighted by molar-refractivity contribution is 0.0553. The van der Waals surface area contributed by atoms with Gasteiger partial charge in [-0.1, -0.05) is 18.2 Å². The average Bonchev–Trinajstić information content (AvgIpc) is 3.04. The first kappa shape index (κ1) is 17.7. The summed E-state index contributed by atoms with van der Waals surface area (Å²) in [6, 6.07) is 13.8. The Kier molecular flexibility index (Phi) is 4.45. The fourth-order valence-electron chi connectivity index (χ4n) is 3.28. The Bertz CT molecular complexity index is 1110. The fraction of sp³-hybridized carbons (Fsp3) is 0.263. The molecule has 1 amide bonds. The summed E-state index contributed by atoms with van der Waals surface area (Å²) in [5.74, 6) is 0.576. The first-order chi connectivity index (χ1) is 12.9. The number of amides is 1. The van der Waals surface area contributed by atoms with Crippen LogP contribution in [0.4, 0.5) is 0 Å². The molecular weight excluding hydrogens is 366 g/mol. The number of hydrogen-bond acceptors (Lipinski definition) is 5. The number of carbonyl (C=O) groups is 1. The van der Waals surface area contributed by atoms with Crippen molar-refractivity contribution in [2.24, 2.45) is 0 Å². The van der Waals surface area contributed by atoms with Crippen molar-refractivity contribution < 1.29 is 17.9 Å². The highest BCUT2D eigenvalue weighted by Crippen LogP contribution is 2.27. The number of nitrogens with zero attached hydrogens (tertiary/aromatic N) is 2. The van der Waals surface area contributed by atoms with Gasteiger partial charge in [0.1, 0.15) is 12.4 Å². The van der Waals surface area contributed by atoms with Crippen LogP contribution in [-0.2, 0) is 21.2 Å². The SMILES string of the molecule is CS(=O)(=O)c1ccc2c(c1)nc1n2[C@@H](CNC(=O)c2ccccc2)COC1. The predicted octanol–water partition coefficient (Wildman–Crippen LogP) is 1.94. The van der Waals surface area contributed by atoms with Gasteiger partial charge in [0, 0.05) is 18.4 Å². The highest BCUT2D eigenvalue weighted by molar-refractivity contribution is 7.90. The van der Waals surface area contributed by atoms with Gasteiger partial charge >= 0.3 is 0 Å². The van der Waals surface area contributed by atoms with Crippen molar-refractivity contribution in [3.8, 4) is 0 Å². The van der Waals surface area contributed by atoms with E-state index in [2.05, 4.69) is 10.3 Å². The molecule has 2 heterocycles. The Morgan fingerprint density at radius 2 is 2.04 bits per heavy atom. The molecular formula is C19H19N3O4S. The van der Waals surface area contributed by atoms with Crippen LogP contribution in [0.1, 0.15) is 22.2 Å². The zero-order chi connectivity index (χ0) is 19.0. The highest BCUT2D eigenvalue weighted by Gasteiger charge is 2.25. The van der Waals surface area contributed by atoms with Crippen LogP contribution in [0, 0.1) is 0 Å². The smallest absolute Gasteiger partial charge is 0.251 e. The highest BCUT2D eigenvalue weighted by atomic mass is 32.2. The third-order valence-corrected chi connectivity index (χ3v) is 5.71. The Hall–Kier alpha value is -2.71. The number of benzene rings is 2. The van der Waals surface area contributed by atoms with E-state index in [0.29, 0.717) is 30.8 Å². The number of aromatic nitrogens is 2. The van der Waals surface area contributed by atoms with Crippen molar-refractivity contribution in [1.82, 2.24) is 14.9 Å². The summed E-state index contributed by atoms with van der Waals surface area (Å²) in [6.45, 7) is 1.19. The number of nitrogens with one attached hydrogen (secondary N) is 1. The molecule has 0 saturated carbocycles. The molecule has 1 atom stereocenters. The molecule has 1 aromatic heterocycles. The number of rotatable bonds is 4. The van der Waals surface area contributed by atoms with Crippen molar-refractivity contribution in [1.29, 1.82) is 0 Å². The molecule has 4 rings (SSSR count). The molecule has 0 aliphatic carbocycles. The van der Waals surface area contributed by atoms with Gasteiger partial charge in [-0.2, -0.15) is 0 Å². The summed E-state index contributed by atoms with van der Waals surface area (Å²) in [6.07, 6.45) is 1.18. The Morgan fingerprint density at radius 1 is 1.26 bits per heavy atom. The van der Waals surface area contributed by atoms with Crippen molar-refractivity contribution in [2.45, 2.75) is 17.5 Å². The second-order valence-corrected chi connectivity index (χ2v) is 8.58. The molecule has 2 aromatic carbocycles. The van der Waals surface area contributed by atoms with Crippen LogP contribution in [0.2, 0.25) is 0 Å². The van der Waals surface area contributed by atoms with Crippen LogP contribution < -0.4 is 5.32 Å². The molecule has 0 fully saturated rings. The zero-order valence-electron chi connectivity index (χ0n) is 14.8. The van der Waals surface area contributed by atoms with Gasteiger partial charge in [0.25, 0.3) is 5.91 Å². The van der Waals surface area contributed by atoms with Crippen LogP contribution in [0.3, 0.4) is 0 Å². The van der Waals surface area contributed by atoms with Crippen LogP contribution in [-0.4, -0.2) is 43.3 Å². The zero-order valence-corrected chi connectivity index (χ0v) is 15.6. The molecule has 7 nitrogen and oxygen atoms in total. The maximum absolute atomic E-state index is 12.3. The summed E-state index contributed by atoms with van der Waals surface area (Å²) in [5.41, 5.74) is 2.04. The van der Waals surface area contributed by atoms with E-state index in [4.69, 9.17) is 4.74 Å². The van der Waals surface area contributed by atoms with Gasteiger partial charge in [0.15, 0.2) is 9.84 Å². The van der Waals surface area contributed by atoms with E-state index < -0.39 is 9.84 Å². The quantitative estimate of drug-likeness (QED) is 0.741. The minimum absolute atomic E-state index is 0.115. The van der Waals surface area contributed by atoms with Gasteiger partial charge in [-0.25, -0.2) is 13.4 Å². The van der Waals surface area contributed by atoms with Crippen LogP contribution in [0.15, 0.2) is 53.4 Å². The maximum atomic E-state index is 12.3. The molecule has 1 aliphatic heterocycles. The first-order valence-electron chi connectivity index (χ1n) is 8.55. The van der Waals surface area contributed by atoms with Gasteiger partial charge in [-0.3, -0.25) is 4.79 Å². The second kappa shape index (κ2) is 6.79. The Labute approximate surface area is 156 Å². The summed E-state index contributed by atoms with van der Waals surface area (Å²) in [4.78, 5) is 17.1. The first-order valence-corrected chi connectivity index (χ1v) is 10.4. The number of carbonyl (C=O) groups excluding carboxylic acids is 1. The molecule has 1 N–H and O–H groups in total. The molecule has 140 valence electrons. The molecule has 0 spiro atoms. The lowest BCUT2D eigenvalue weighted by atomic mass is 10.2. The van der Waals surface area contributed by atoms with Crippen LogP contribution in [0.25, 0.3) is 11.0 Å². The van der Waals surface area contributed by atoms with E-state index in [9.17, 15) is 13.2 Å². The van der Waals surface area contributed by atoms with Gasteiger partial charge in [0.05, 0.1) is 28.6 Å². The minimum Gasteiger partial charge on any atom is -0.371 e. The van der Waals surface area contributed by atoms with E-state index in [1.807, 2.05) is 22.8 Å². The van der Waals surface area contributed by atoms with E-state index in [0.717, 1.165) is 11.3 Å². The largest absolute Gasteiger partial charge is 0.371 e. The molecule has 0 saturated heterocycles. The molecule has 1 aliphatic rings. The summed E-state index contributed by atoms with van der Waals surface area (Å²) in [7, 11) is -3.30. The van der Waals surface area contributed by atoms with Crippen LogP contribution >= 0.6 is 0 Å². The number of ether oxygens (including phenoxy) is 1. The minimum atomic E-state index is -3.30. The van der Waals surface area contributed by atoms with Gasteiger partial charge in [-0.05, 0) is 30.3 Å². The maximum Gasteiger partial charge on any atom is 0.251 e.